The monoisotopic (exact) mass is 127 g/mol. The molecule has 52 valence electrons. The molecule has 0 aromatic carbocycles. The number of rotatable bonds is 1. The second-order valence-corrected chi connectivity index (χ2v) is 3.23. The van der Waals surface area contributed by atoms with Crippen LogP contribution in [-0.2, 0) is 0 Å². The third kappa shape index (κ3) is 0.775. The molecule has 1 heterocycles. The van der Waals surface area contributed by atoms with Gasteiger partial charge in [-0.1, -0.05) is 0 Å². The topological polar surface area (TPSA) is 32.3 Å². The average molecular weight is 127 g/mol. The standard InChI is InChI=1S/C7H13NO/c9-4-7-5-1-2-6(3-5)8-7/h5-9H,1-4H2/t5?,6?,7-/m1/s1. The molecule has 2 heteroatoms. The number of aliphatic hydroxyl groups excluding tert-OH is 1. The maximum absolute atomic E-state index is 8.83. The summed E-state index contributed by atoms with van der Waals surface area (Å²) in [5.74, 6) is 0.792. The van der Waals surface area contributed by atoms with Crippen LogP contribution in [0, 0.1) is 5.92 Å². The van der Waals surface area contributed by atoms with E-state index in [0.29, 0.717) is 12.6 Å². The lowest BCUT2D eigenvalue weighted by molar-refractivity contribution is 0.210. The number of nitrogens with one attached hydrogen (secondary N) is 1. The van der Waals surface area contributed by atoms with Gasteiger partial charge in [0, 0.05) is 12.1 Å². The van der Waals surface area contributed by atoms with Crippen molar-refractivity contribution < 1.29 is 5.11 Å². The molecule has 1 aliphatic carbocycles. The first-order chi connectivity index (χ1) is 4.40. The van der Waals surface area contributed by atoms with Gasteiger partial charge in [0.15, 0.2) is 0 Å². The summed E-state index contributed by atoms with van der Waals surface area (Å²) in [4.78, 5) is 0. The first kappa shape index (κ1) is 5.69. The highest BCUT2D eigenvalue weighted by molar-refractivity contribution is 4.96. The van der Waals surface area contributed by atoms with Gasteiger partial charge in [0.05, 0.1) is 6.61 Å². The van der Waals surface area contributed by atoms with E-state index in [-0.39, 0.29) is 0 Å². The van der Waals surface area contributed by atoms with Gasteiger partial charge in [0.2, 0.25) is 0 Å². The Kier molecular flexibility index (Phi) is 1.24. The molecule has 2 nitrogen and oxygen atoms in total. The molecule has 2 unspecified atom stereocenters. The molecule has 2 aliphatic rings. The maximum Gasteiger partial charge on any atom is 0.0587 e. The normalized spacial score (nSPS) is 48.3. The fourth-order valence-electron chi connectivity index (χ4n) is 2.17. The van der Waals surface area contributed by atoms with Gasteiger partial charge in [-0.05, 0) is 25.2 Å². The maximum atomic E-state index is 8.83. The lowest BCUT2D eigenvalue weighted by Gasteiger charge is -2.20. The molecule has 2 bridgehead atoms. The zero-order chi connectivity index (χ0) is 6.27. The molecule has 2 fully saturated rings. The van der Waals surface area contributed by atoms with Crippen LogP contribution in [0.3, 0.4) is 0 Å². The van der Waals surface area contributed by atoms with Crippen molar-refractivity contribution in [1.82, 2.24) is 5.32 Å². The third-order valence-electron chi connectivity index (χ3n) is 2.69. The second-order valence-electron chi connectivity index (χ2n) is 3.23. The van der Waals surface area contributed by atoms with Gasteiger partial charge in [0.1, 0.15) is 0 Å². The number of piperidine rings is 1. The van der Waals surface area contributed by atoms with E-state index in [0.717, 1.165) is 12.0 Å². The van der Waals surface area contributed by atoms with Crippen LogP contribution < -0.4 is 5.32 Å². The fourth-order valence-corrected chi connectivity index (χ4v) is 2.17. The van der Waals surface area contributed by atoms with Gasteiger partial charge < -0.3 is 10.4 Å². The molecular formula is C7H13NO. The Hall–Kier alpha value is -0.0800. The molecule has 1 aliphatic heterocycles. The Morgan fingerprint density at radius 1 is 1.44 bits per heavy atom. The van der Waals surface area contributed by atoms with E-state index in [4.69, 9.17) is 5.11 Å². The SMILES string of the molecule is OC[C@H]1NC2CCC1C2. The zero-order valence-corrected chi connectivity index (χ0v) is 5.51. The van der Waals surface area contributed by atoms with Gasteiger partial charge in [-0.3, -0.25) is 0 Å². The van der Waals surface area contributed by atoms with Crippen LogP contribution in [0.1, 0.15) is 19.3 Å². The highest BCUT2D eigenvalue weighted by Gasteiger charge is 2.38. The molecule has 0 spiro atoms. The Labute approximate surface area is 55.3 Å². The molecule has 2 N–H and O–H groups in total. The molecule has 0 aromatic heterocycles. The third-order valence-corrected chi connectivity index (χ3v) is 2.69. The summed E-state index contributed by atoms with van der Waals surface area (Å²) >= 11 is 0. The zero-order valence-electron chi connectivity index (χ0n) is 5.51. The van der Waals surface area contributed by atoms with Gasteiger partial charge in [-0.15, -0.1) is 0 Å². The number of hydrogen-bond donors (Lipinski definition) is 2. The summed E-state index contributed by atoms with van der Waals surface area (Å²) in [6, 6.07) is 1.18. The first-order valence-electron chi connectivity index (χ1n) is 3.77. The molecule has 2 rings (SSSR count). The molecular weight excluding hydrogens is 114 g/mol. The van der Waals surface area contributed by atoms with Gasteiger partial charge in [-0.2, -0.15) is 0 Å². The van der Waals surface area contributed by atoms with Crippen molar-refractivity contribution >= 4 is 0 Å². The summed E-state index contributed by atoms with van der Waals surface area (Å²) in [7, 11) is 0. The van der Waals surface area contributed by atoms with E-state index in [1.807, 2.05) is 0 Å². The van der Waals surface area contributed by atoms with E-state index < -0.39 is 0 Å². The average Bonchev–Trinajstić information content (AvgIpc) is 2.45. The number of fused-ring (bicyclic) bond motifs is 2. The predicted molar refractivity (Wildman–Crippen MR) is 35.1 cm³/mol. The van der Waals surface area contributed by atoms with Gasteiger partial charge in [0.25, 0.3) is 0 Å². The van der Waals surface area contributed by atoms with Crippen LogP contribution >= 0.6 is 0 Å². The Morgan fingerprint density at radius 3 is 2.67 bits per heavy atom. The minimum atomic E-state index is 0.334. The van der Waals surface area contributed by atoms with Crippen LogP contribution in [0.25, 0.3) is 0 Å². The Balaban J connectivity index is 2.01. The second kappa shape index (κ2) is 1.96. The molecule has 0 radical (unpaired) electrons. The fraction of sp³-hybridized carbons (Fsp3) is 1.00. The van der Waals surface area contributed by atoms with E-state index in [1.165, 1.54) is 19.3 Å². The van der Waals surface area contributed by atoms with Crippen molar-refractivity contribution in [1.29, 1.82) is 0 Å². The van der Waals surface area contributed by atoms with Crippen molar-refractivity contribution in [3.05, 3.63) is 0 Å². The molecule has 0 amide bonds. The Morgan fingerprint density at radius 2 is 2.33 bits per heavy atom. The van der Waals surface area contributed by atoms with Crippen LogP contribution in [-0.4, -0.2) is 23.8 Å². The van der Waals surface area contributed by atoms with E-state index in [1.54, 1.807) is 0 Å². The lowest BCUT2D eigenvalue weighted by Crippen LogP contribution is -2.37. The van der Waals surface area contributed by atoms with Crippen molar-refractivity contribution in [2.45, 2.75) is 31.3 Å². The van der Waals surface area contributed by atoms with Crippen molar-refractivity contribution in [3.8, 4) is 0 Å². The Bertz CT molecular complexity index is 115. The smallest absolute Gasteiger partial charge is 0.0587 e. The highest BCUT2D eigenvalue weighted by Crippen LogP contribution is 2.34. The minimum absolute atomic E-state index is 0.334. The summed E-state index contributed by atoms with van der Waals surface area (Å²) in [5.41, 5.74) is 0. The molecule has 3 atom stereocenters. The van der Waals surface area contributed by atoms with Crippen molar-refractivity contribution in [3.63, 3.8) is 0 Å². The van der Waals surface area contributed by atoms with Crippen LogP contribution in [0.5, 0.6) is 0 Å². The van der Waals surface area contributed by atoms with Crippen LogP contribution in [0.15, 0.2) is 0 Å². The van der Waals surface area contributed by atoms with Crippen molar-refractivity contribution in [2.75, 3.05) is 6.61 Å². The van der Waals surface area contributed by atoms with E-state index in [2.05, 4.69) is 5.32 Å². The van der Waals surface area contributed by atoms with Crippen LogP contribution in [0.2, 0.25) is 0 Å². The van der Waals surface area contributed by atoms with Gasteiger partial charge >= 0.3 is 0 Å². The van der Waals surface area contributed by atoms with E-state index in [9.17, 15) is 0 Å². The molecule has 1 saturated heterocycles. The largest absolute Gasteiger partial charge is 0.395 e. The molecule has 1 saturated carbocycles. The molecule has 9 heavy (non-hydrogen) atoms. The summed E-state index contributed by atoms with van der Waals surface area (Å²) in [6.07, 6.45) is 3.98. The summed E-state index contributed by atoms with van der Waals surface area (Å²) < 4.78 is 0. The lowest BCUT2D eigenvalue weighted by atomic mass is 10.0. The van der Waals surface area contributed by atoms with Crippen LogP contribution in [0.4, 0.5) is 0 Å². The number of aliphatic hydroxyl groups is 1. The molecule has 0 aromatic rings. The number of hydrogen-bond acceptors (Lipinski definition) is 2. The predicted octanol–water partition coefficient (Wildman–Crippen LogP) is 0.119. The summed E-state index contributed by atoms with van der Waals surface area (Å²) in [6.45, 7) is 0.334. The van der Waals surface area contributed by atoms with Crippen molar-refractivity contribution in [2.24, 2.45) is 5.92 Å². The summed E-state index contributed by atoms with van der Waals surface area (Å²) in [5, 5.41) is 12.2. The first-order valence-corrected chi connectivity index (χ1v) is 3.77. The minimum Gasteiger partial charge on any atom is -0.395 e. The highest BCUT2D eigenvalue weighted by atomic mass is 16.3. The van der Waals surface area contributed by atoms with Gasteiger partial charge in [-0.25, -0.2) is 0 Å². The quantitative estimate of drug-likeness (QED) is 0.524. The van der Waals surface area contributed by atoms with E-state index >= 15 is 0 Å².